The number of hydrogen-bond acceptors (Lipinski definition) is 0. The molecule has 1 heteroatoms. The summed E-state index contributed by atoms with van der Waals surface area (Å²) in [5.74, 6) is 0.641. The van der Waals surface area contributed by atoms with Crippen LogP contribution in [0.2, 0.25) is 0 Å². The van der Waals surface area contributed by atoms with Crippen molar-refractivity contribution < 1.29 is 25.8 Å². The number of aryl methyl sites for hydroxylation is 2. The van der Waals surface area contributed by atoms with Gasteiger partial charge in [-0.3, -0.25) is 0 Å². The third-order valence-corrected chi connectivity index (χ3v) is 6.45. The van der Waals surface area contributed by atoms with E-state index in [0.29, 0.717) is 5.92 Å². The predicted octanol–water partition coefficient (Wildman–Crippen LogP) is 7.12. The van der Waals surface area contributed by atoms with E-state index in [9.17, 15) is 0 Å². The van der Waals surface area contributed by atoms with Gasteiger partial charge in [-0.25, -0.2) is 0 Å². The van der Waals surface area contributed by atoms with Gasteiger partial charge in [-0.1, -0.05) is 65.5 Å². The van der Waals surface area contributed by atoms with Crippen LogP contribution in [-0.2, 0) is 38.7 Å². The molecule has 0 radical (unpaired) electrons. The molecule has 1 aliphatic rings. The van der Waals surface area contributed by atoms with E-state index in [1.54, 1.807) is 11.1 Å². The maximum absolute atomic E-state index is 2.44. The predicted molar refractivity (Wildman–Crippen MR) is 111 cm³/mol. The fourth-order valence-corrected chi connectivity index (χ4v) is 4.21. The van der Waals surface area contributed by atoms with Crippen molar-refractivity contribution in [2.75, 3.05) is 0 Å². The zero-order chi connectivity index (χ0) is 18.3. The van der Waals surface area contributed by atoms with Gasteiger partial charge in [0.05, 0.1) is 0 Å². The van der Waals surface area contributed by atoms with Crippen LogP contribution in [0.15, 0.2) is 24.3 Å². The van der Waals surface area contributed by atoms with Crippen LogP contribution in [0.4, 0.5) is 0 Å². The van der Waals surface area contributed by atoms with Gasteiger partial charge in [0.2, 0.25) is 0 Å². The Morgan fingerprint density at radius 2 is 1.42 bits per heavy atom. The molecule has 3 aromatic rings. The molecule has 0 spiro atoms. The molecule has 0 unspecified atom stereocenters. The van der Waals surface area contributed by atoms with Gasteiger partial charge in [-0.15, -0.1) is 34.5 Å². The second kappa shape index (κ2) is 8.38. The Bertz CT molecular complexity index is 822. The summed E-state index contributed by atoms with van der Waals surface area (Å²) >= 11 is 0. The zero-order valence-corrected chi connectivity index (χ0v) is 21.1. The molecule has 1 aliphatic carbocycles. The van der Waals surface area contributed by atoms with E-state index >= 15 is 0 Å². The Morgan fingerprint density at radius 1 is 0.885 bits per heavy atom. The van der Waals surface area contributed by atoms with Crippen molar-refractivity contribution in [3.8, 4) is 0 Å². The third kappa shape index (κ3) is 3.84. The van der Waals surface area contributed by atoms with E-state index in [-0.39, 0.29) is 25.8 Å². The van der Waals surface area contributed by atoms with Gasteiger partial charge >= 0.3 is 0 Å². The van der Waals surface area contributed by atoms with Crippen LogP contribution in [0, 0.1) is 34.6 Å². The van der Waals surface area contributed by atoms with Crippen molar-refractivity contribution in [2.45, 2.75) is 73.6 Å². The van der Waals surface area contributed by atoms with Gasteiger partial charge in [0.25, 0.3) is 0 Å². The average molecular weight is 511 g/mol. The van der Waals surface area contributed by atoms with Crippen LogP contribution < -0.4 is 0 Å². The number of benzene rings is 1. The molecule has 0 bridgehead atoms. The molecule has 0 aliphatic heterocycles. The van der Waals surface area contributed by atoms with Crippen molar-refractivity contribution in [3.05, 3.63) is 68.8 Å². The first-order valence-corrected chi connectivity index (χ1v) is 9.72. The van der Waals surface area contributed by atoms with E-state index in [2.05, 4.69) is 72.7 Å². The first-order chi connectivity index (χ1) is 11.8. The molecule has 0 saturated carbocycles. The van der Waals surface area contributed by atoms with E-state index < -0.39 is 0 Å². The van der Waals surface area contributed by atoms with E-state index in [0.717, 1.165) is 0 Å². The minimum atomic E-state index is 0. The summed E-state index contributed by atoms with van der Waals surface area (Å²) in [6, 6.07) is 9.42. The Balaban J connectivity index is 0.000000195. The second-order valence-corrected chi connectivity index (χ2v) is 8.13. The fraction of sp³-hybridized carbons (Fsp3) is 0.440. The van der Waals surface area contributed by atoms with Crippen molar-refractivity contribution >= 4 is 10.8 Å². The van der Waals surface area contributed by atoms with Crippen LogP contribution in [0.3, 0.4) is 0 Å². The van der Waals surface area contributed by atoms with Crippen molar-refractivity contribution in [2.24, 2.45) is 0 Å². The first-order valence-electron chi connectivity index (χ1n) is 9.72. The molecule has 0 saturated heterocycles. The minimum Gasteiger partial charge on any atom is -0.196 e. The minimum absolute atomic E-state index is 0. The van der Waals surface area contributed by atoms with Gasteiger partial charge in [-0.05, 0) is 19.3 Å². The van der Waals surface area contributed by atoms with Crippen LogP contribution in [0.1, 0.15) is 70.7 Å². The van der Waals surface area contributed by atoms with Crippen molar-refractivity contribution in [1.29, 1.82) is 0 Å². The number of hydrogen-bond donors (Lipinski definition) is 0. The summed E-state index contributed by atoms with van der Waals surface area (Å²) in [6.07, 6.45) is 3.92. The van der Waals surface area contributed by atoms with Gasteiger partial charge in [-0.2, -0.15) is 33.9 Å². The quantitative estimate of drug-likeness (QED) is 0.241. The molecule has 0 amide bonds. The van der Waals surface area contributed by atoms with Crippen LogP contribution in [0.5, 0.6) is 0 Å². The average Bonchev–Trinajstić information content (AvgIpc) is 3.25. The molecule has 138 valence electrons. The van der Waals surface area contributed by atoms with Crippen molar-refractivity contribution in [1.82, 2.24) is 0 Å². The van der Waals surface area contributed by atoms with Gasteiger partial charge in [0.1, 0.15) is 0 Å². The van der Waals surface area contributed by atoms with Crippen molar-refractivity contribution in [3.63, 3.8) is 0 Å². The molecule has 26 heavy (non-hydrogen) atoms. The van der Waals surface area contributed by atoms with Crippen LogP contribution in [0.25, 0.3) is 10.8 Å². The molecule has 0 fully saturated rings. The van der Waals surface area contributed by atoms with Gasteiger partial charge in [0, 0.05) is 25.8 Å². The van der Waals surface area contributed by atoms with Gasteiger partial charge < -0.3 is 0 Å². The molecule has 0 heterocycles. The number of fused-ring (bicyclic) bond motifs is 2. The molecule has 0 atom stereocenters. The molecule has 3 aromatic carbocycles. The topological polar surface area (TPSA) is 0 Å². The SMILES string of the molecule is CC(C)[c-]1ccc2cc3c(cc21)CCC3.Cc1c(C)c(C)[c-](C)c1C.[Hf]. The molecular weight excluding hydrogens is 479 g/mol. The molecule has 4 rings (SSSR count). The third-order valence-electron chi connectivity index (χ3n) is 6.45. The molecule has 0 N–H and O–H groups in total. The Kier molecular flexibility index (Phi) is 6.88. The Labute approximate surface area is 178 Å². The summed E-state index contributed by atoms with van der Waals surface area (Å²) in [5, 5.41) is 2.94. The van der Waals surface area contributed by atoms with E-state index in [1.165, 1.54) is 63.4 Å². The van der Waals surface area contributed by atoms with Crippen LogP contribution in [-0.4, -0.2) is 0 Å². The molecule has 0 aromatic heterocycles. The van der Waals surface area contributed by atoms with E-state index in [1.807, 2.05) is 0 Å². The smallest absolute Gasteiger partial charge is 0 e. The van der Waals surface area contributed by atoms with Crippen LogP contribution >= 0.6 is 0 Å². The largest absolute Gasteiger partial charge is 0.196 e. The summed E-state index contributed by atoms with van der Waals surface area (Å²) in [5.41, 5.74) is 12.0. The Hall–Kier alpha value is -0.950. The second-order valence-electron chi connectivity index (χ2n) is 8.13. The first kappa shape index (κ1) is 21.4. The maximum Gasteiger partial charge on any atom is 0 e. The fourth-order valence-electron chi connectivity index (χ4n) is 4.21. The maximum atomic E-state index is 2.44. The van der Waals surface area contributed by atoms with Gasteiger partial charge in [0.15, 0.2) is 0 Å². The normalized spacial score (nSPS) is 12.8. The monoisotopic (exact) mass is 512 g/mol. The molecule has 0 nitrogen and oxygen atoms in total. The number of rotatable bonds is 1. The standard InChI is InChI=1S/C15H17.C10H15.Hf/c1-10(2)14-7-6-13-8-11-4-3-5-12(11)9-15(13)14;1-6-7(2)9(4)10(5)8(6)3;/h6-10H,3-5H2,1-2H3;1-5H3;/q2*-1;. The molecular formula is C25H32Hf-2. The summed E-state index contributed by atoms with van der Waals surface area (Å²) in [6.45, 7) is 15.6. The zero-order valence-electron chi connectivity index (χ0n) is 17.5. The van der Waals surface area contributed by atoms with E-state index in [4.69, 9.17) is 0 Å². The Morgan fingerprint density at radius 3 is 1.88 bits per heavy atom. The summed E-state index contributed by atoms with van der Waals surface area (Å²) in [7, 11) is 0. The summed E-state index contributed by atoms with van der Waals surface area (Å²) in [4.78, 5) is 0. The summed E-state index contributed by atoms with van der Waals surface area (Å²) < 4.78 is 0.